The van der Waals surface area contributed by atoms with E-state index in [-0.39, 0.29) is 47.4 Å². The van der Waals surface area contributed by atoms with Gasteiger partial charge in [-0.3, -0.25) is 4.79 Å². The van der Waals surface area contributed by atoms with Gasteiger partial charge in [0, 0.05) is 31.6 Å². The van der Waals surface area contributed by atoms with Crippen molar-refractivity contribution in [3.8, 4) is 0 Å². The van der Waals surface area contributed by atoms with Crippen LogP contribution in [-0.2, 0) is 24.5 Å². The van der Waals surface area contributed by atoms with Crippen LogP contribution in [0.5, 0.6) is 0 Å². The van der Waals surface area contributed by atoms with Crippen LogP contribution in [0, 0.1) is 0 Å². The Bertz CT molecular complexity index is 644. The van der Waals surface area contributed by atoms with Crippen molar-refractivity contribution in [1.82, 2.24) is 9.80 Å². The summed E-state index contributed by atoms with van der Waals surface area (Å²) in [4.78, 5) is 16.0. The van der Waals surface area contributed by atoms with E-state index in [1.807, 2.05) is 18.9 Å². The van der Waals surface area contributed by atoms with Crippen molar-refractivity contribution in [2.45, 2.75) is 38.3 Å². The summed E-state index contributed by atoms with van der Waals surface area (Å²) in [5.41, 5.74) is 0. The molecule has 1 amide bonds. The fraction of sp³-hybridized carbons (Fsp3) is 0.929. The van der Waals surface area contributed by atoms with Crippen LogP contribution < -0.4 is 0 Å². The Morgan fingerprint density at radius 2 is 1.52 bits per heavy atom. The highest BCUT2D eigenvalue weighted by atomic mass is 32.2. The van der Waals surface area contributed by atoms with E-state index in [2.05, 4.69) is 0 Å². The normalized spacial score (nSPS) is 29.0. The van der Waals surface area contributed by atoms with Gasteiger partial charge in [-0.1, -0.05) is 0 Å². The molecule has 2 fully saturated rings. The van der Waals surface area contributed by atoms with Crippen molar-refractivity contribution < 1.29 is 21.6 Å². The lowest BCUT2D eigenvalue weighted by molar-refractivity contribution is -0.133. The highest BCUT2D eigenvalue weighted by Crippen LogP contribution is 2.20. The van der Waals surface area contributed by atoms with Gasteiger partial charge in [-0.25, -0.2) is 16.8 Å². The molecule has 2 aliphatic heterocycles. The Labute approximate surface area is 138 Å². The molecule has 0 spiro atoms. The average Bonchev–Trinajstić information content (AvgIpc) is 2.99. The summed E-state index contributed by atoms with van der Waals surface area (Å²) in [7, 11) is -4.10. The molecule has 2 rings (SSSR count). The van der Waals surface area contributed by atoms with Crippen molar-refractivity contribution in [3.63, 3.8) is 0 Å². The van der Waals surface area contributed by atoms with Crippen molar-refractivity contribution in [2.24, 2.45) is 0 Å². The second-order valence-corrected chi connectivity index (χ2v) is 11.0. The summed E-state index contributed by atoms with van der Waals surface area (Å²) in [6, 6.07) is -0.232. The molecule has 2 unspecified atom stereocenters. The van der Waals surface area contributed by atoms with Crippen LogP contribution in [0.1, 0.15) is 26.2 Å². The third kappa shape index (κ3) is 4.90. The molecule has 0 saturated carbocycles. The summed E-state index contributed by atoms with van der Waals surface area (Å²) < 4.78 is 46.2. The molecule has 9 heteroatoms. The van der Waals surface area contributed by atoms with Crippen LogP contribution in [0.15, 0.2) is 0 Å². The molecule has 0 bridgehead atoms. The molecule has 0 N–H and O–H groups in total. The van der Waals surface area contributed by atoms with Gasteiger partial charge >= 0.3 is 0 Å². The Kier molecular flexibility index (Phi) is 5.73. The third-order valence-electron chi connectivity index (χ3n) is 4.82. The first-order chi connectivity index (χ1) is 10.6. The zero-order chi connectivity index (χ0) is 17.3. The van der Waals surface area contributed by atoms with Crippen LogP contribution in [-0.4, -0.2) is 87.8 Å². The molecule has 2 aliphatic rings. The topological polar surface area (TPSA) is 91.8 Å². The van der Waals surface area contributed by atoms with Crippen molar-refractivity contribution in [3.05, 3.63) is 0 Å². The fourth-order valence-corrected chi connectivity index (χ4v) is 6.92. The maximum Gasteiger partial charge on any atom is 0.224 e. The minimum atomic E-state index is -3.01. The minimum Gasteiger partial charge on any atom is -0.339 e. The van der Waals surface area contributed by atoms with Gasteiger partial charge in [0.05, 0.1) is 23.0 Å². The molecule has 23 heavy (non-hydrogen) atoms. The van der Waals surface area contributed by atoms with E-state index >= 15 is 0 Å². The van der Waals surface area contributed by atoms with Gasteiger partial charge in [0.25, 0.3) is 0 Å². The lowest BCUT2D eigenvalue weighted by Crippen LogP contribution is -2.43. The first kappa shape index (κ1) is 18.7. The second-order valence-electron chi connectivity index (χ2n) is 6.52. The van der Waals surface area contributed by atoms with Crippen molar-refractivity contribution in [2.75, 3.05) is 43.1 Å². The predicted octanol–water partition coefficient (Wildman–Crippen LogP) is -0.469. The fourth-order valence-electron chi connectivity index (χ4n) is 3.38. The van der Waals surface area contributed by atoms with Crippen LogP contribution in [0.25, 0.3) is 0 Å². The highest BCUT2D eigenvalue weighted by Gasteiger charge is 2.34. The van der Waals surface area contributed by atoms with Gasteiger partial charge in [0.15, 0.2) is 19.7 Å². The summed E-state index contributed by atoms with van der Waals surface area (Å²) in [5.74, 6) is 0.541. The minimum absolute atomic E-state index is 0.0188. The molecule has 0 aromatic heterocycles. The lowest BCUT2D eigenvalue weighted by atomic mass is 10.2. The van der Waals surface area contributed by atoms with E-state index in [1.165, 1.54) is 0 Å². The van der Waals surface area contributed by atoms with E-state index in [1.54, 1.807) is 4.90 Å². The number of hydrogen-bond donors (Lipinski definition) is 0. The van der Waals surface area contributed by atoms with Crippen LogP contribution in [0.2, 0.25) is 0 Å². The maximum atomic E-state index is 12.4. The summed E-state index contributed by atoms with van der Waals surface area (Å²) in [6.07, 6.45) is 1.42. The van der Waals surface area contributed by atoms with Crippen LogP contribution >= 0.6 is 0 Å². The molecule has 0 aromatic rings. The molecule has 0 radical (unpaired) electrons. The van der Waals surface area contributed by atoms with Crippen LogP contribution in [0.3, 0.4) is 0 Å². The van der Waals surface area contributed by atoms with Gasteiger partial charge in [0.2, 0.25) is 5.91 Å². The van der Waals surface area contributed by atoms with E-state index in [0.717, 1.165) is 0 Å². The lowest BCUT2D eigenvalue weighted by Gasteiger charge is -2.29. The number of amides is 1. The Balaban J connectivity index is 1.85. The molecule has 2 saturated heterocycles. The Morgan fingerprint density at radius 3 is 1.96 bits per heavy atom. The van der Waals surface area contributed by atoms with Crippen LogP contribution in [0.4, 0.5) is 0 Å². The quantitative estimate of drug-likeness (QED) is 0.631. The summed E-state index contributed by atoms with van der Waals surface area (Å²) in [5, 5.41) is 0. The average molecular weight is 367 g/mol. The van der Waals surface area contributed by atoms with Crippen molar-refractivity contribution in [1.29, 1.82) is 0 Å². The van der Waals surface area contributed by atoms with Crippen molar-refractivity contribution >= 4 is 25.6 Å². The Morgan fingerprint density at radius 1 is 1.00 bits per heavy atom. The summed E-state index contributed by atoms with van der Waals surface area (Å²) >= 11 is 0. The van der Waals surface area contributed by atoms with E-state index in [0.29, 0.717) is 25.9 Å². The number of carbonyl (C=O) groups excluding carboxylic acids is 1. The van der Waals surface area contributed by atoms with Gasteiger partial charge in [-0.05, 0) is 26.8 Å². The molecule has 2 heterocycles. The zero-order valence-electron chi connectivity index (χ0n) is 13.8. The van der Waals surface area contributed by atoms with Gasteiger partial charge < -0.3 is 9.80 Å². The molecule has 7 nitrogen and oxygen atoms in total. The SMILES string of the molecule is CCN(C(=O)CCN(C)C1CCS(=O)(=O)C1)C1CCS(=O)(=O)C1. The molecule has 134 valence electrons. The van der Waals surface area contributed by atoms with Gasteiger partial charge in [-0.2, -0.15) is 0 Å². The summed E-state index contributed by atoms with van der Waals surface area (Å²) in [6.45, 7) is 2.85. The number of nitrogens with zero attached hydrogens (tertiary/aromatic N) is 2. The van der Waals surface area contributed by atoms with Gasteiger partial charge in [-0.15, -0.1) is 0 Å². The largest absolute Gasteiger partial charge is 0.339 e. The maximum absolute atomic E-state index is 12.4. The predicted molar refractivity (Wildman–Crippen MR) is 88.8 cm³/mol. The highest BCUT2D eigenvalue weighted by molar-refractivity contribution is 7.91. The molecular formula is C14H26N2O5S2. The van der Waals surface area contributed by atoms with E-state index in [9.17, 15) is 21.6 Å². The number of rotatable bonds is 6. The second kappa shape index (κ2) is 7.06. The van der Waals surface area contributed by atoms with E-state index < -0.39 is 19.7 Å². The monoisotopic (exact) mass is 366 g/mol. The first-order valence-corrected chi connectivity index (χ1v) is 11.7. The number of sulfone groups is 2. The number of hydrogen-bond acceptors (Lipinski definition) is 6. The van der Waals surface area contributed by atoms with E-state index in [4.69, 9.17) is 0 Å². The third-order valence-corrected chi connectivity index (χ3v) is 8.32. The molecular weight excluding hydrogens is 340 g/mol. The first-order valence-electron chi connectivity index (χ1n) is 8.04. The molecule has 2 atom stereocenters. The smallest absolute Gasteiger partial charge is 0.224 e. The zero-order valence-corrected chi connectivity index (χ0v) is 15.4. The number of carbonyl (C=O) groups is 1. The molecule has 0 aromatic carbocycles. The Hall–Kier alpha value is -0.670. The standard InChI is InChI=1S/C14H26N2O5S2/c1-3-16(13-6-9-23(20,21)11-13)14(17)4-7-15(2)12-5-8-22(18,19)10-12/h12-13H,3-11H2,1-2H3. The van der Waals surface area contributed by atoms with Gasteiger partial charge in [0.1, 0.15) is 0 Å². The molecule has 0 aliphatic carbocycles.